The number of amides is 2. The maximum Gasteiger partial charge on any atom is 0.472 e. The van der Waals surface area contributed by atoms with Gasteiger partial charge >= 0.3 is 19.8 Å². The minimum Gasteiger partial charge on any atom is -0.477 e. The van der Waals surface area contributed by atoms with Gasteiger partial charge in [0, 0.05) is 33.7 Å². The third kappa shape index (κ3) is 21.6. The van der Waals surface area contributed by atoms with Gasteiger partial charge in [0.15, 0.2) is 50.1 Å². The van der Waals surface area contributed by atoms with Gasteiger partial charge in [-0.1, -0.05) is 0 Å². The molecule has 2 amide bonds. The van der Waals surface area contributed by atoms with E-state index in [-0.39, 0.29) is 0 Å². The van der Waals surface area contributed by atoms with E-state index in [0.717, 1.165) is 20.8 Å². The zero-order valence-electron chi connectivity index (χ0n) is 60.0. The lowest BCUT2D eigenvalue weighted by Gasteiger charge is -2.52. The van der Waals surface area contributed by atoms with Crippen molar-refractivity contribution in [3.8, 4) is 0 Å². The molecule has 52 nitrogen and oxygen atoms in total. The fourth-order valence-electron chi connectivity index (χ4n) is 13.9. The molecule has 0 aromatic rings. The van der Waals surface area contributed by atoms with E-state index in [1.54, 1.807) is 0 Å². The zero-order chi connectivity index (χ0) is 83.9. The predicted molar refractivity (Wildman–Crippen MR) is 344 cm³/mol. The number of carbonyl (C=O) groups excluding carboxylic acids is 3. The molecule has 8 rings (SSSR count). The quantitative estimate of drug-likeness (QED) is 0.0210. The van der Waals surface area contributed by atoms with Crippen LogP contribution in [0.4, 0.5) is 0 Å². The summed E-state index contributed by atoms with van der Waals surface area (Å²) in [6.45, 7) is -8.48. The van der Waals surface area contributed by atoms with Gasteiger partial charge < -0.3 is 225 Å². The lowest BCUT2D eigenvalue weighted by molar-refractivity contribution is -0.415. The van der Waals surface area contributed by atoms with Crippen LogP contribution in [0.1, 0.15) is 27.2 Å². The molecule has 113 heavy (non-hydrogen) atoms. The van der Waals surface area contributed by atoms with Crippen molar-refractivity contribution < 1.29 is 241 Å². The van der Waals surface area contributed by atoms with Gasteiger partial charge in [0.2, 0.25) is 11.8 Å². The molecule has 0 aromatic carbocycles. The van der Waals surface area contributed by atoms with Gasteiger partial charge in [-0.2, -0.15) is 0 Å². The molecule has 0 saturated carbocycles. The Bertz CT molecular complexity index is 3060. The molecule has 8 aliphatic rings. The smallest absolute Gasteiger partial charge is 0.472 e. The Kier molecular flexibility index (Phi) is 34.5. The van der Waals surface area contributed by atoms with E-state index in [9.17, 15) is 156 Å². The van der Waals surface area contributed by atoms with Crippen LogP contribution in [0.5, 0.6) is 0 Å². The number of ether oxygens (including phenoxy) is 16. The highest BCUT2D eigenvalue weighted by Gasteiger charge is 2.63. The summed E-state index contributed by atoms with van der Waals surface area (Å²) in [5, 5.41) is 283. The molecular weight excluding hydrogens is 1580 g/mol. The average Bonchev–Trinajstić information content (AvgIpc) is 0.754. The molecule has 43 atom stereocenters. The SMILES string of the molecule is CC(=O)N[C@H]1[C@H](O[C@H]2[C@@H](O)[C@@H](CO)O[C@@H](O[C@H]3[C@H](O)[C@@H](O)[C@H](O[C@H]4[C@H](O[C@H]5O[C@H]([C@H](CO)OP(=O)(O)OCCN)[C@@H](O)[C@H](O)[C@@H]5O[C@H]5O[C@H](CO)[C@@H](O)[C@H](OC(C)=O)[C@H]5NC(C)=O)[C@H](O)[C@@H](O[C@H]5[C@@H]([C@H](O)CO)OC(O)(C(=O)O)C[C@H]5O)O[C@@H]4[C@@H](O)CO)O[C@@H]3CO)[C@@H]2O)O[C@H](CO)[C@@H](O[C@@H]2O[C@H](CO)[C@H](O)[C@H](O)[C@H]2O)[C@@H]1O. The fraction of sp³-hybridized carbons (Fsp3) is 0.933. The van der Waals surface area contributed by atoms with E-state index in [1.807, 2.05) is 0 Å². The third-order valence-corrected chi connectivity index (χ3v) is 20.6. The molecule has 0 bridgehead atoms. The number of carbonyl (C=O) groups is 4. The van der Waals surface area contributed by atoms with Gasteiger partial charge in [-0.3, -0.25) is 23.4 Å². The maximum absolute atomic E-state index is 13.3. The predicted octanol–water partition coefficient (Wildman–Crippen LogP) is -18.9. The first-order valence-electron chi connectivity index (χ1n) is 35.2. The van der Waals surface area contributed by atoms with Crippen LogP contribution >= 0.6 is 7.82 Å². The number of aliphatic carboxylic acids is 1. The Hall–Kier alpha value is -3.61. The third-order valence-electron chi connectivity index (χ3n) is 19.6. The summed E-state index contributed by atoms with van der Waals surface area (Å²) in [6, 6.07) is -3.83. The summed E-state index contributed by atoms with van der Waals surface area (Å²) >= 11 is 0. The Morgan fingerprint density at radius 3 is 1.39 bits per heavy atom. The highest BCUT2D eigenvalue weighted by Crippen LogP contribution is 2.47. The van der Waals surface area contributed by atoms with E-state index in [0.29, 0.717) is 0 Å². The molecule has 8 heterocycles. The molecule has 2 unspecified atom stereocenters. The highest BCUT2D eigenvalue weighted by atomic mass is 31.2. The van der Waals surface area contributed by atoms with Gasteiger partial charge in [0.05, 0.1) is 65.6 Å². The number of rotatable bonds is 34. The topological polar surface area (TPSA) is 828 Å². The van der Waals surface area contributed by atoms with E-state index >= 15 is 0 Å². The molecular formula is C60H102N3O49P. The fourth-order valence-corrected chi connectivity index (χ4v) is 14.8. The molecule has 0 spiro atoms. The Morgan fingerprint density at radius 1 is 0.442 bits per heavy atom. The largest absolute Gasteiger partial charge is 0.477 e. The van der Waals surface area contributed by atoms with Crippen molar-refractivity contribution in [3.63, 3.8) is 0 Å². The molecule has 53 heteroatoms. The summed E-state index contributed by atoms with van der Waals surface area (Å²) in [5.41, 5.74) is 5.43. The first-order valence-corrected chi connectivity index (χ1v) is 36.7. The number of hydrogen-bond donors (Lipinski definition) is 29. The first-order chi connectivity index (χ1) is 53.2. The summed E-state index contributed by atoms with van der Waals surface area (Å²) in [5.74, 6) is -8.58. The second-order valence-corrected chi connectivity index (χ2v) is 29.0. The number of phosphoric acid groups is 1. The van der Waals surface area contributed by atoms with Crippen molar-refractivity contribution in [2.75, 3.05) is 66.0 Å². The molecule has 8 fully saturated rings. The summed E-state index contributed by atoms with van der Waals surface area (Å²) < 4.78 is 117. The summed E-state index contributed by atoms with van der Waals surface area (Å²) in [4.78, 5) is 61.1. The lowest BCUT2D eigenvalue weighted by Crippen LogP contribution is -2.71. The molecule has 0 aromatic heterocycles. The molecule has 8 saturated heterocycles. The molecule has 0 radical (unpaired) electrons. The number of esters is 1. The van der Waals surface area contributed by atoms with Gasteiger partial charge in [-0.15, -0.1) is 0 Å². The first kappa shape index (κ1) is 94.9. The van der Waals surface area contributed by atoms with Crippen LogP contribution in [-0.4, -0.2) is 480 Å². The van der Waals surface area contributed by atoms with Crippen molar-refractivity contribution >= 4 is 31.6 Å². The van der Waals surface area contributed by atoms with Crippen molar-refractivity contribution in [2.45, 2.75) is 284 Å². The molecule has 30 N–H and O–H groups in total. The van der Waals surface area contributed by atoms with Crippen LogP contribution in [0.2, 0.25) is 0 Å². The van der Waals surface area contributed by atoms with Gasteiger partial charge in [-0.05, 0) is 0 Å². The van der Waals surface area contributed by atoms with E-state index in [4.69, 9.17) is 90.6 Å². The normalized spacial score (nSPS) is 46.0. The molecule has 8 aliphatic heterocycles. The number of hydrogen-bond acceptors (Lipinski definition) is 48. The number of carboxylic acid groups (broad SMARTS) is 1. The molecule has 656 valence electrons. The second-order valence-electron chi connectivity index (χ2n) is 27.5. The minimum atomic E-state index is -5.43. The van der Waals surface area contributed by atoms with Crippen LogP contribution in [0.25, 0.3) is 0 Å². The van der Waals surface area contributed by atoms with E-state index in [2.05, 4.69) is 10.6 Å². The standard InChI is InChI=1S/C60H102N3O49P/c1-15(72)62-27-32(81)44(104-54-37(86)33(82)29(78)21(9-66)98-54)24(12-69)100-52(27)107-48-31(80)23(11-68)99-56(39(48)88)105-45-25(13-70)101-55(38(87)36(45)85)110-51-42(19(76)7-64)103-57(102-41-18(75)6-60(92,59(90)91)111-43(41)20(77)8-65)40(89)49(51)108-58-50(35(84)34(83)46(106-58)26(14-71)112-113(93,94)95-5-4-61)109-53-28(63-16(2)73)47(96-17(3)74)30(79)22(10-67)97-53/h18-58,64-71,75-89,92H,4-14,61H2,1-3H3,(H,62,72)(H,63,73)(H,90,91)(H,93,94)/t18-,19+,20-,21-,22-,23-,24-,25-,26+,27-,28-,29+,30-,31+,32-,33+,34+,35+,36-,37-,38-,39-,40+,41-,42-,43-,44-,45-,46-,47-,48+,49-,50+,51-,52+,53-,54+,55+,56+,57+,58-,60?/m1/s1. The van der Waals surface area contributed by atoms with Gasteiger partial charge in [0.25, 0.3) is 5.79 Å². The average molecular weight is 1680 g/mol. The van der Waals surface area contributed by atoms with E-state index in [1.165, 1.54) is 0 Å². The number of aliphatic hydroxyl groups excluding tert-OH is 23. The maximum atomic E-state index is 13.3. The second kappa shape index (κ2) is 41.1. The highest BCUT2D eigenvalue weighted by molar-refractivity contribution is 7.47. The van der Waals surface area contributed by atoms with Crippen LogP contribution in [0.3, 0.4) is 0 Å². The van der Waals surface area contributed by atoms with Crippen molar-refractivity contribution in [1.82, 2.24) is 10.6 Å². The monoisotopic (exact) mass is 1680 g/mol. The zero-order valence-corrected chi connectivity index (χ0v) is 60.9. The van der Waals surface area contributed by atoms with Gasteiger partial charge in [-0.25, -0.2) is 9.36 Å². The minimum absolute atomic E-state index is 0.422. The van der Waals surface area contributed by atoms with Crippen molar-refractivity contribution in [1.29, 1.82) is 0 Å². The Balaban J connectivity index is 1.16. The van der Waals surface area contributed by atoms with Crippen LogP contribution in [0.15, 0.2) is 0 Å². The summed E-state index contributed by atoms with van der Waals surface area (Å²) in [7, 11) is -5.43. The summed E-state index contributed by atoms with van der Waals surface area (Å²) in [6.07, 6.45) is -90.9. The number of nitrogens with two attached hydrogens (primary N) is 1. The Labute approximate surface area is 638 Å². The lowest BCUT2D eigenvalue weighted by atomic mass is 9.91. The van der Waals surface area contributed by atoms with Gasteiger partial charge in [0.1, 0.15) is 195 Å². The number of carboxylic acids is 1. The number of phosphoric ester groups is 1. The van der Waals surface area contributed by atoms with Crippen LogP contribution < -0.4 is 16.4 Å². The van der Waals surface area contributed by atoms with Crippen molar-refractivity contribution in [2.24, 2.45) is 5.73 Å². The Morgan fingerprint density at radius 2 is 0.858 bits per heavy atom. The van der Waals surface area contributed by atoms with Crippen LogP contribution in [-0.2, 0) is 109 Å². The number of aliphatic hydroxyl groups is 24. The number of nitrogens with one attached hydrogen (secondary N) is 2. The molecule has 0 aliphatic carbocycles. The van der Waals surface area contributed by atoms with E-state index < -0.39 is 361 Å². The van der Waals surface area contributed by atoms with Crippen LogP contribution in [0, 0.1) is 0 Å². The van der Waals surface area contributed by atoms with Crippen molar-refractivity contribution in [3.05, 3.63) is 0 Å².